The Balaban J connectivity index is 7.38. The second-order valence-electron chi connectivity index (χ2n) is 3.59. The normalized spacial score (nSPS) is 15.8. The van der Waals surface area contributed by atoms with Gasteiger partial charge in [0.25, 0.3) is 0 Å². The summed E-state index contributed by atoms with van der Waals surface area (Å²) in [4.78, 5) is 0. The lowest BCUT2D eigenvalue weighted by atomic mass is 12.0. The molecule has 0 heterocycles. The molecular weight excluding hydrogens is 332 g/mol. The van der Waals surface area contributed by atoms with Crippen LogP contribution in [0.5, 0.6) is 0 Å². The van der Waals surface area contributed by atoms with Gasteiger partial charge >= 0.3 is 4.67 Å². The van der Waals surface area contributed by atoms with Crippen molar-refractivity contribution in [2.24, 2.45) is 0 Å². The van der Waals surface area contributed by atoms with Crippen LogP contribution in [0.15, 0.2) is 0 Å². The first-order valence-electron chi connectivity index (χ1n) is 3.78. The van der Waals surface area contributed by atoms with E-state index < -0.39 is 41.8 Å². The van der Waals surface area contributed by atoms with E-state index in [1.54, 1.807) is 0 Å². The zero-order valence-electron chi connectivity index (χ0n) is 9.40. The Kier molecular flexibility index (Phi) is 4.01. The lowest BCUT2D eigenvalue weighted by molar-refractivity contribution is 0.603. The van der Waals surface area contributed by atoms with Crippen molar-refractivity contribution in [3.8, 4) is 0 Å². The van der Waals surface area contributed by atoms with Gasteiger partial charge in [0.15, 0.2) is 37.1 Å². The second-order valence-corrected chi connectivity index (χ2v) is 31.7. The minimum Gasteiger partial charge on any atom is -0.233 e. The monoisotopic (exact) mass is 344 g/mol. The van der Waals surface area contributed by atoms with E-state index in [-0.39, 0.29) is 0 Å². The third-order valence-electron chi connectivity index (χ3n) is 1.82. The van der Waals surface area contributed by atoms with E-state index in [1.807, 2.05) is 0 Å². The van der Waals surface area contributed by atoms with Crippen LogP contribution in [-0.4, -0.2) is 63.4 Å². The quantitative estimate of drug-likeness (QED) is 0.515. The predicted molar refractivity (Wildman–Crippen MR) is 65.1 cm³/mol. The maximum absolute atomic E-state index is 11.5. The Labute approximate surface area is 100 Å². The first-order chi connectivity index (χ1) is 7.00. The molecular formula is C4H12O8S4Si. The second kappa shape index (κ2) is 4.01. The van der Waals surface area contributed by atoms with Gasteiger partial charge in [-0.3, -0.25) is 0 Å². The summed E-state index contributed by atoms with van der Waals surface area (Å²) >= 11 is 0. The molecule has 0 aliphatic rings. The van der Waals surface area contributed by atoms with Crippen LogP contribution in [-0.2, 0) is 37.1 Å². The van der Waals surface area contributed by atoms with Crippen LogP contribution in [0.4, 0.5) is 0 Å². The van der Waals surface area contributed by atoms with E-state index in [0.717, 1.165) is 0 Å². The third-order valence-corrected chi connectivity index (χ3v) is 49.0. The summed E-state index contributed by atoms with van der Waals surface area (Å²) in [6.45, 7) is 0. The molecule has 0 radical (unpaired) electrons. The van der Waals surface area contributed by atoms with Crippen molar-refractivity contribution in [3.05, 3.63) is 0 Å². The summed E-state index contributed by atoms with van der Waals surface area (Å²) in [6, 6.07) is 0. The molecule has 0 fully saturated rings. The van der Waals surface area contributed by atoms with Gasteiger partial charge in [0.2, 0.25) is 0 Å². The molecule has 0 aromatic rings. The number of hydrogen-bond acceptors (Lipinski definition) is 8. The highest BCUT2D eigenvalue weighted by Crippen LogP contribution is 2.29. The van der Waals surface area contributed by atoms with Crippen molar-refractivity contribution in [3.63, 3.8) is 0 Å². The smallest absolute Gasteiger partial charge is 0.233 e. The van der Waals surface area contributed by atoms with Gasteiger partial charge in [-0.1, -0.05) is 0 Å². The van der Waals surface area contributed by atoms with Crippen LogP contribution >= 0.6 is 0 Å². The van der Waals surface area contributed by atoms with Gasteiger partial charge in [-0.05, 0) is 0 Å². The molecule has 0 rings (SSSR count). The summed E-state index contributed by atoms with van der Waals surface area (Å²) in [5, 5.41) is 0. The molecule has 0 aliphatic carbocycles. The molecule has 0 N–H and O–H groups in total. The van der Waals surface area contributed by atoms with Crippen LogP contribution in [0.3, 0.4) is 0 Å². The van der Waals surface area contributed by atoms with Crippen molar-refractivity contribution in [1.82, 2.24) is 0 Å². The molecule has 0 saturated heterocycles. The molecule has 0 atom stereocenters. The fraction of sp³-hybridized carbons (Fsp3) is 1.00. The van der Waals surface area contributed by atoms with Crippen LogP contribution in [0.1, 0.15) is 0 Å². The highest BCUT2D eigenvalue weighted by Gasteiger charge is 2.74. The molecule has 0 aromatic carbocycles. The lowest BCUT2D eigenvalue weighted by Crippen LogP contribution is -2.63. The summed E-state index contributed by atoms with van der Waals surface area (Å²) in [5.41, 5.74) is 0. The van der Waals surface area contributed by atoms with Crippen LogP contribution in [0, 0.1) is 0 Å². The molecule has 0 amide bonds. The van der Waals surface area contributed by atoms with Gasteiger partial charge in [0.05, 0.1) is 0 Å². The van der Waals surface area contributed by atoms with E-state index in [9.17, 15) is 33.7 Å². The van der Waals surface area contributed by atoms with Gasteiger partial charge in [-0.2, -0.15) is 0 Å². The minimum absolute atomic E-state index is 0.308. The predicted octanol–water partition coefficient (Wildman–Crippen LogP) is -2.40. The van der Waals surface area contributed by atoms with Crippen molar-refractivity contribution >= 4 is 41.8 Å². The van der Waals surface area contributed by atoms with Crippen molar-refractivity contribution in [2.45, 2.75) is 0 Å². The molecule has 104 valence electrons. The minimum atomic E-state index is -5.71. The summed E-state index contributed by atoms with van der Waals surface area (Å²) < 4.78 is 86.4. The largest absolute Gasteiger partial charge is 0.568 e. The van der Waals surface area contributed by atoms with E-state index in [4.69, 9.17) is 0 Å². The molecule has 13 heteroatoms. The third kappa shape index (κ3) is 2.43. The van der Waals surface area contributed by atoms with E-state index >= 15 is 0 Å². The van der Waals surface area contributed by atoms with Crippen LogP contribution in [0.25, 0.3) is 0 Å². The van der Waals surface area contributed by atoms with Gasteiger partial charge in [0, 0.05) is 25.0 Å². The van der Waals surface area contributed by atoms with Crippen LogP contribution in [0.2, 0.25) is 0 Å². The molecule has 0 aromatic heterocycles. The zero-order chi connectivity index (χ0) is 14.5. The first kappa shape index (κ1) is 17.0. The maximum Gasteiger partial charge on any atom is 0.568 e. The average Bonchev–Trinajstić information content (AvgIpc) is 1.67. The number of hydrogen-bond donors (Lipinski definition) is 0. The summed E-state index contributed by atoms with van der Waals surface area (Å²) in [7, 11) is -19.3. The van der Waals surface area contributed by atoms with E-state index in [1.165, 1.54) is 0 Å². The Morgan fingerprint density at radius 3 is 0.588 bits per heavy atom. The van der Waals surface area contributed by atoms with Gasteiger partial charge in [-0.25, -0.2) is 33.7 Å². The topological polar surface area (TPSA) is 137 Å². The molecule has 0 unspecified atom stereocenters. The first-order valence-corrected chi connectivity index (χ1v) is 16.2. The standard InChI is InChI=1S/C4H12O8S4Si/c1-13(5,6)17(14(2,7)8,15(3,9)10)16(4,11)12/h1-4H3. The van der Waals surface area contributed by atoms with Crippen molar-refractivity contribution in [2.75, 3.05) is 25.0 Å². The van der Waals surface area contributed by atoms with Crippen molar-refractivity contribution in [1.29, 1.82) is 0 Å². The highest BCUT2D eigenvalue weighted by molar-refractivity contribution is 8.92. The molecule has 8 nitrogen and oxygen atoms in total. The molecule has 0 saturated carbocycles. The van der Waals surface area contributed by atoms with Gasteiger partial charge in [0.1, 0.15) is 0 Å². The number of rotatable bonds is 4. The Morgan fingerprint density at radius 2 is 0.588 bits per heavy atom. The van der Waals surface area contributed by atoms with E-state index in [2.05, 4.69) is 0 Å². The fourth-order valence-electron chi connectivity index (χ4n) is 1.65. The lowest BCUT2D eigenvalue weighted by Gasteiger charge is -2.21. The average molecular weight is 344 g/mol. The Bertz CT molecular complexity index is 588. The molecule has 0 spiro atoms. The molecule has 17 heavy (non-hydrogen) atoms. The summed E-state index contributed by atoms with van der Waals surface area (Å²) in [6.07, 6.45) is 1.23. The Hall–Kier alpha value is 0.0169. The van der Waals surface area contributed by atoms with Crippen molar-refractivity contribution < 1.29 is 33.7 Å². The molecule has 0 bridgehead atoms. The summed E-state index contributed by atoms with van der Waals surface area (Å²) in [5.74, 6) is 0. The fourth-order valence-corrected chi connectivity index (χ4v) is 44.5. The Morgan fingerprint density at radius 1 is 0.471 bits per heavy atom. The maximum atomic E-state index is 11.5. The highest BCUT2D eigenvalue weighted by atomic mass is 33.0. The van der Waals surface area contributed by atoms with Gasteiger partial charge < -0.3 is 0 Å². The zero-order valence-corrected chi connectivity index (χ0v) is 13.7. The van der Waals surface area contributed by atoms with E-state index in [0.29, 0.717) is 25.0 Å². The SMILES string of the molecule is CS(=O)(=O)[Si](S(C)(=O)=O)(S(C)(=O)=O)S(C)(=O)=O. The van der Waals surface area contributed by atoms with Gasteiger partial charge in [-0.15, -0.1) is 0 Å². The molecule has 0 aliphatic heterocycles. The van der Waals surface area contributed by atoms with Crippen LogP contribution < -0.4 is 0 Å².